The predicted molar refractivity (Wildman–Crippen MR) is 121 cm³/mol. The molecule has 176 valence electrons. The van der Waals surface area contributed by atoms with Crippen LogP contribution in [0, 0.1) is 13.8 Å². The maximum Gasteiger partial charge on any atom is 0.278 e. The lowest BCUT2D eigenvalue weighted by atomic mass is 10.2. The van der Waals surface area contributed by atoms with Gasteiger partial charge in [-0.25, -0.2) is 16.8 Å². The number of sulfonamides is 2. The molecule has 1 aromatic heterocycles. The summed E-state index contributed by atoms with van der Waals surface area (Å²) in [4.78, 5) is 13.3. The number of hydrogen-bond acceptors (Lipinski definition) is 6. The van der Waals surface area contributed by atoms with Crippen molar-refractivity contribution in [1.29, 1.82) is 0 Å². The van der Waals surface area contributed by atoms with Gasteiger partial charge in [0.1, 0.15) is 4.90 Å². The van der Waals surface area contributed by atoms with Crippen molar-refractivity contribution in [1.82, 2.24) is 18.4 Å². The van der Waals surface area contributed by atoms with Crippen molar-refractivity contribution in [3.05, 3.63) is 41.2 Å². The van der Waals surface area contributed by atoms with E-state index in [0.29, 0.717) is 26.2 Å². The Hall–Kier alpha value is -2.08. The van der Waals surface area contributed by atoms with Crippen molar-refractivity contribution in [2.75, 3.05) is 26.2 Å². The predicted octanol–water partition coefficient (Wildman–Crippen LogP) is 2.39. The van der Waals surface area contributed by atoms with E-state index in [4.69, 9.17) is 0 Å². The van der Waals surface area contributed by atoms with Crippen LogP contribution in [-0.4, -0.2) is 67.3 Å². The average Bonchev–Trinajstić information content (AvgIpc) is 3.09. The average molecular weight is 483 g/mol. The molecule has 0 spiro atoms. The fraction of sp³-hybridized carbons (Fsp3) is 0.524. The van der Waals surface area contributed by atoms with E-state index in [-0.39, 0.29) is 26.7 Å². The van der Waals surface area contributed by atoms with Crippen LogP contribution < -0.4 is 0 Å². The SMILES string of the molecule is CCN(CC)S(=O)(=O)c1c(C)nn(C(=O)c2cccc(S(=O)(=O)N3CCCCC3)c2)c1C. The lowest BCUT2D eigenvalue weighted by molar-refractivity contribution is 0.0942. The first-order valence-electron chi connectivity index (χ1n) is 10.8. The monoisotopic (exact) mass is 482 g/mol. The summed E-state index contributed by atoms with van der Waals surface area (Å²) in [6.07, 6.45) is 2.63. The summed E-state index contributed by atoms with van der Waals surface area (Å²) < 4.78 is 55.9. The van der Waals surface area contributed by atoms with Gasteiger partial charge in [-0.05, 0) is 44.9 Å². The molecule has 11 heteroatoms. The first-order valence-corrected chi connectivity index (χ1v) is 13.6. The first kappa shape index (κ1) is 24.6. The smallest absolute Gasteiger partial charge is 0.267 e. The van der Waals surface area contributed by atoms with Crippen LogP contribution in [-0.2, 0) is 20.0 Å². The molecule has 2 aromatic rings. The number of nitrogens with zero attached hydrogens (tertiary/aromatic N) is 4. The molecular formula is C21H30N4O5S2. The first-order chi connectivity index (χ1) is 15.1. The molecular weight excluding hydrogens is 452 g/mol. The van der Waals surface area contributed by atoms with Gasteiger partial charge >= 0.3 is 0 Å². The minimum absolute atomic E-state index is 0.00615. The van der Waals surface area contributed by atoms with Crippen LogP contribution in [0.25, 0.3) is 0 Å². The highest BCUT2D eigenvalue weighted by Gasteiger charge is 2.31. The summed E-state index contributed by atoms with van der Waals surface area (Å²) in [5.74, 6) is -0.581. The molecule has 1 saturated heterocycles. The van der Waals surface area contributed by atoms with Crippen LogP contribution in [0.4, 0.5) is 0 Å². The van der Waals surface area contributed by atoms with Gasteiger partial charge in [-0.1, -0.05) is 26.3 Å². The summed E-state index contributed by atoms with van der Waals surface area (Å²) >= 11 is 0. The standard InChI is InChI=1S/C21H30N4O5S2/c1-5-23(6-2)32(29,30)20-16(3)22-25(17(20)4)21(26)18-11-10-12-19(15-18)31(27,28)24-13-8-7-9-14-24/h10-12,15H,5-9,13-14H2,1-4H3. The molecule has 0 saturated carbocycles. The Bertz CT molecular complexity index is 1210. The number of carbonyl (C=O) groups is 1. The van der Waals surface area contributed by atoms with Crippen molar-refractivity contribution >= 4 is 26.0 Å². The lowest BCUT2D eigenvalue weighted by Gasteiger charge is -2.26. The molecule has 0 unspecified atom stereocenters. The molecule has 1 fully saturated rings. The fourth-order valence-electron chi connectivity index (χ4n) is 4.06. The van der Waals surface area contributed by atoms with E-state index < -0.39 is 26.0 Å². The molecule has 32 heavy (non-hydrogen) atoms. The zero-order valence-electron chi connectivity index (χ0n) is 18.9. The fourth-order valence-corrected chi connectivity index (χ4v) is 7.43. The summed E-state index contributed by atoms with van der Waals surface area (Å²) in [5.41, 5.74) is 0.545. The van der Waals surface area contributed by atoms with E-state index in [1.165, 1.54) is 39.8 Å². The van der Waals surface area contributed by atoms with Crippen LogP contribution in [0.1, 0.15) is 54.9 Å². The van der Waals surface area contributed by atoms with Gasteiger partial charge in [-0.3, -0.25) is 4.79 Å². The number of piperidine rings is 1. The second-order valence-electron chi connectivity index (χ2n) is 7.80. The van der Waals surface area contributed by atoms with Gasteiger partial charge in [0.05, 0.1) is 16.3 Å². The Labute approximate surface area is 190 Å². The molecule has 3 rings (SSSR count). The van der Waals surface area contributed by atoms with Crippen LogP contribution in [0.3, 0.4) is 0 Å². The largest absolute Gasteiger partial charge is 0.278 e. The van der Waals surface area contributed by atoms with E-state index in [9.17, 15) is 21.6 Å². The molecule has 0 atom stereocenters. The molecule has 1 aliphatic heterocycles. The maximum absolute atomic E-state index is 13.2. The molecule has 0 aliphatic carbocycles. The van der Waals surface area contributed by atoms with Gasteiger partial charge in [0.2, 0.25) is 20.0 Å². The molecule has 0 bridgehead atoms. The summed E-state index contributed by atoms with van der Waals surface area (Å²) in [7, 11) is -7.51. The van der Waals surface area contributed by atoms with E-state index in [1.807, 2.05) is 0 Å². The second-order valence-corrected chi connectivity index (χ2v) is 11.6. The van der Waals surface area contributed by atoms with E-state index in [0.717, 1.165) is 23.9 Å². The van der Waals surface area contributed by atoms with Crippen molar-refractivity contribution in [3.8, 4) is 0 Å². The highest BCUT2D eigenvalue weighted by Crippen LogP contribution is 2.25. The number of aromatic nitrogens is 2. The highest BCUT2D eigenvalue weighted by molar-refractivity contribution is 7.89. The number of carbonyl (C=O) groups excluding carboxylic acids is 1. The van der Waals surface area contributed by atoms with Crippen LogP contribution in [0.2, 0.25) is 0 Å². The quantitative estimate of drug-likeness (QED) is 0.599. The third kappa shape index (κ3) is 4.39. The lowest BCUT2D eigenvalue weighted by Crippen LogP contribution is -2.35. The van der Waals surface area contributed by atoms with Gasteiger partial charge in [0.25, 0.3) is 5.91 Å². The third-order valence-corrected chi connectivity index (χ3v) is 9.95. The Morgan fingerprint density at radius 1 is 1.03 bits per heavy atom. The minimum atomic E-state index is -3.81. The molecule has 2 heterocycles. The molecule has 9 nitrogen and oxygen atoms in total. The molecule has 1 aliphatic rings. The third-order valence-electron chi connectivity index (χ3n) is 5.75. The van der Waals surface area contributed by atoms with Gasteiger partial charge in [-0.2, -0.15) is 18.4 Å². The molecule has 1 aromatic carbocycles. The minimum Gasteiger partial charge on any atom is -0.267 e. The van der Waals surface area contributed by atoms with E-state index >= 15 is 0 Å². The Morgan fingerprint density at radius 2 is 1.66 bits per heavy atom. The zero-order chi connectivity index (χ0) is 23.7. The van der Waals surface area contributed by atoms with Crippen molar-refractivity contribution in [2.24, 2.45) is 0 Å². The van der Waals surface area contributed by atoms with Gasteiger partial charge in [-0.15, -0.1) is 0 Å². The highest BCUT2D eigenvalue weighted by atomic mass is 32.2. The second kappa shape index (κ2) is 9.42. The zero-order valence-corrected chi connectivity index (χ0v) is 20.5. The molecule has 0 N–H and O–H groups in total. The number of rotatable bonds is 7. The molecule has 0 radical (unpaired) electrons. The maximum atomic E-state index is 13.2. The van der Waals surface area contributed by atoms with Gasteiger partial charge in [0.15, 0.2) is 0 Å². The van der Waals surface area contributed by atoms with E-state index in [2.05, 4.69) is 5.10 Å². The van der Waals surface area contributed by atoms with Crippen molar-refractivity contribution in [2.45, 2.75) is 56.7 Å². The topological polar surface area (TPSA) is 110 Å². The normalized spacial score (nSPS) is 15.9. The Balaban J connectivity index is 2.00. The Kier molecular flexibility index (Phi) is 7.23. The Morgan fingerprint density at radius 3 is 2.25 bits per heavy atom. The van der Waals surface area contributed by atoms with Crippen molar-refractivity contribution < 1.29 is 21.6 Å². The number of hydrogen-bond donors (Lipinski definition) is 0. The van der Waals surface area contributed by atoms with Gasteiger partial charge < -0.3 is 0 Å². The summed E-state index contributed by atoms with van der Waals surface area (Å²) in [6, 6.07) is 5.83. The molecule has 0 amide bonds. The number of aryl methyl sites for hydroxylation is 1. The van der Waals surface area contributed by atoms with Crippen LogP contribution in [0.5, 0.6) is 0 Å². The summed E-state index contributed by atoms with van der Waals surface area (Å²) in [6.45, 7) is 8.09. The van der Waals surface area contributed by atoms with Crippen LogP contribution in [0.15, 0.2) is 34.1 Å². The summed E-state index contributed by atoms with van der Waals surface area (Å²) in [5, 5.41) is 4.19. The van der Waals surface area contributed by atoms with Crippen LogP contribution >= 0.6 is 0 Å². The van der Waals surface area contributed by atoms with E-state index in [1.54, 1.807) is 20.8 Å². The number of benzene rings is 1. The van der Waals surface area contributed by atoms with Crippen molar-refractivity contribution in [3.63, 3.8) is 0 Å². The van der Waals surface area contributed by atoms with Gasteiger partial charge in [0, 0.05) is 31.7 Å².